The van der Waals surface area contributed by atoms with Gasteiger partial charge in [-0.25, -0.2) is 0 Å². The Morgan fingerprint density at radius 3 is 2.17 bits per heavy atom. The fourth-order valence-electron chi connectivity index (χ4n) is 2.54. The summed E-state index contributed by atoms with van der Waals surface area (Å²) in [6, 6.07) is 25.7. The van der Waals surface area contributed by atoms with Gasteiger partial charge in [-0.1, -0.05) is 48.0 Å². The summed E-state index contributed by atoms with van der Waals surface area (Å²) in [5, 5.41) is 6.25. The molecule has 3 nitrogen and oxygen atoms in total. The third-order valence-electron chi connectivity index (χ3n) is 3.68. The minimum absolute atomic E-state index is 0.00984. The molecule has 0 aromatic heterocycles. The van der Waals surface area contributed by atoms with E-state index < -0.39 is 0 Å². The molecule has 3 heteroatoms. The van der Waals surface area contributed by atoms with E-state index in [9.17, 15) is 4.79 Å². The molecule has 0 radical (unpaired) electrons. The Morgan fingerprint density at radius 2 is 1.46 bits per heavy atom. The molecule has 0 unspecified atom stereocenters. The van der Waals surface area contributed by atoms with Crippen molar-refractivity contribution in [1.29, 1.82) is 0 Å². The van der Waals surface area contributed by atoms with Crippen LogP contribution in [0, 0.1) is 6.92 Å². The molecule has 0 spiro atoms. The molecule has 0 aliphatic heterocycles. The van der Waals surface area contributed by atoms with Crippen molar-refractivity contribution in [3.63, 3.8) is 0 Å². The number of hydrogen-bond acceptors (Lipinski definition) is 2. The van der Waals surface area contributed by atoms with Gasteiger partial charge in [0.15, 0.2) is 0 Å². The van der Waals surface area contributed by atoms with Gasteiger partial charge >= 0.3 is 0 Å². The molecule has 0 saturated carbocycles. The standard InChI is InChI=1S/C21H20N2O/c1-16-6-5-7-17(14-16)15-21(24)23-20-12-10-19(11-13-20)22-18-8-3-2-4-9-18/h2-14,22H,15H2,1H3,(H,23,24). The van der Waals surface area contributed by atoms with E-state index in [1.165, 1.54) is 0 Å². The van der Waals surface area contributed by atoms with Crippen molar-refractivity contribution >= 4 is 23.0 Å². The summed E-state index contributed by atoms with van der Waals surface area (Å²) in [4.78, 5) is 12.1. The van der Waals surface area contributed by atoms with Gasteiger partial charge in [0.05, 0.1) is 6.42 Å². The van der Waals surface area contributed by atoms with E-state index in [0.717, 1.165) is 28.2 Å². The third-order valence-corrected chi connectivity index (χ3v) is 3.68. The van der Waals surface area contributed by atoms with Gasteiger partial charge < -0.3 is 10.6 Å². The molecule has 0 bridgehead atoms. The van der Waals surface area contributed by atoms with Crippen molar-refractivity contribution in [1.82, 2.24) is 0 Å². The summed E-state index contributed by atoms with van der Waals surface area (Å²) in [5.74, 6) is -0.00984. The molecule has 1 amide bonds. The van der Waals surface area contributed by atoms with Gasteiger partial charge in [-0.15, -0.1) is 0 Å². The Balaban J connectivity index is 1.58. The molecular formula is C21H20N2O. The fraction of sp³-hybridized carbons (Fsp3) is 0.0952. The number of anilines is 3. The SMILES string of the molecule is Cc1cccc(CC(=O)Nc2ccc(Nc3ccccc3)cc2)c1. The summed E-state index contributed by atoms with van der Waals surface area (Å²) >= 11 is 0. The number of hydrogen-bond donors (Lipinski definition) is 2. The van der Waals surface area contributed by atoms with Crippen LogP contribution in [0.5, 0.6) is 0 Å². The van der Waals surface area contributed by atoms with Crippen LogP contribution in [0.4, 0.5) is 17.1 Å². The molecule has 0 atom stereocenters. The van der Waals surface area contributed by atoms with Gasteiger partial charge in [-0.05, 0) is 48.9 Å². The van der Waals surface area contributed by atoms with Crippen LogP contribution in [0.3, 0.4) is 0 Å². The van der Waals surface area contributed by atoms with Crippen molar-refractivity contribution in [2.24, 2.45) is 0 Å². The van der Waals surface area contributed by atoms with Gasteiger partial charge in [-0.3, -0.25) is 4.79 Å². The molecule has 2 N–H and O–H groups in total. The first-order chi connectivity index (χ1) is 11.7. The van der Waals surface area contributed by atoms with Crippen molar-refractivity contribution < 1.29 is 4.79 Å². The highest BCUT2D eigenvalue weighted by molar-refractivity contribution is 5.92. The van der Waals surface area contributed by atoms with Crippen LogP contribution in [0.1, 0.15) is 11.1 Å². The lowest BCUT2D eigenvalue weighted by molar-refractivity contribution is -0.115. The Morgan fingerprint density at radius 1 is 0.792 bits per heavy atom. The maximum Gasteiger partial charge on any atom is 0.228 e. The average Bonchev–Trinajstić information content (AvgIpc) is 2.57. The highest BCUT2D eigenvalue weighted by Gasteiger charge is 2.04. The lowest BCUT2D eigenvalue weighted by atomic mass is 10.1. The zero-order valence-electron chi connectivity index (χ0n) is 13.6. The fourth-order valence-corrected chi connectivity index (χ4v) is 2.54. The predicted molar refractivity (Wildman–Crippen MR) is 99.7 cm³/mol. The van der Waals surface area contributed by atoms with E-state index in [0.29, 0.717) is 6.42 Å². The first kappa shape index (κ1) is 15.8. The number of para-hydroxylation sites is 1. The van der Waals surface area contributed by atoms with Gasteiger partial charge in [0, 0.05) is 17.1 Å². The summed E-state index contributed by atoms with van der Waals surface area (Å²) in [5.41, 5.74) is 5.00. The number of nitrogens with one attached hydrogen (secondary N) is 2. The van der Waals surface area contributed by atoms with E-state index in [1.807, 2.05) is 85.8 Å². The van der Waals surface area contributed by atoms with Gasteiger partial charge in [0.1, 0.15) is 0 Å². The second-order valence-corrected chi connectivity index (χ2v) is 5.78. The first-order valence-electron chi connectivity index (χ1n) is 7.96. The number of amides is 1. The summed E-state index contributed by atoms with van der Waals surface area (Å²) < 4.78 is 0. The van der Waals surface area contributed by atoms with Crippen molar-refractivity contribution in [2.45, 2.75) is 13.3 Å². The second kappa shape index (κ2) is 7.47. The normalized spacial score (nSPS) is 10.2. The minimum Gasteiger partial charge on any atom is -0.356 e. The molecule has 0 heterocycles. The van der Waals surface area contributed by atoms with Gasteiger partial charge in [0.2, 0.25) is 5.91 Å². The van der Waals surface area contributed by atoms with Crippen LogP contribution in [0.2, 0.25) is 0 Å². The zero-order chi connectivity index (χ0) is 16.8. The molecule has 0 saturated heterocycles. The van der Waals surface area contributed by atoms with Crippen LogP contribution >= 0.6 is 0 Å². The number of carbonyl (C=O) groups excluding carboxylic acids is 1. The number of carbonyl (C=O) groups is 1. The van der Waals surface area contributed by atoms with Gasteiger partial charge in [0.25, 0.3) is 0 Å². The smallest absolute Gasteiger partial charge is 0.228 e. The summed E-state index contributed by atoms with van der Waals surface area (Å²) in [7, 11) is 0. The van der Waals surface area contributed by atoms with E-state index in [-0.39, 0.29) is 5.91 Å². The van der Waals surface area contributed by atoms with E-state index in [1.54, 1.807) is 0 Å². The largest absolute Gasteiger partial charge is 0.356 e. The van der Waals surface area contributed by atoms with Crippen LogP contribution in [-0.4, -0.2) is 5.91 Å². The van der Waals surface area contributed by atoms with Crippen molar-refractivity contribution in [3.8, 4) is 0 Å². The van der Waals surface area contributed by atoms with Crippen molar-refractivity contribution in [2.75, 3.05) is 10.6 Å². The van der Waals surface area contributed by atoms with Crippen LogP contribution in [-0.2, 0) is 11.2 Å². The Bertz CT molecular complexity index is 811. The van der Waals surface area contributed by atoms with Crippen LogP contribution in [0.25, 0.3) is 0 Å². The van der Waals surface area contributed by atoms with E-state index in [2.05, 4.69) is 10.6 Å². The number of benzene rings is 3. The molecule has 24 heavy (non-hydrogen) atoms. The first-order valence-corrected chi connectivity index (χ1v) is 7.96. The number of aryl methyl sites for hydroxylation is 1. The maximum absolute atomic E-state index is 12.1. The summed E-state index contributed by atoms with van der Waals surface area (Å²) in [6.07, 6.45) is 0.381. The number of rotatable bonds is 5. The highest BCUT2D eigenvalue weighted by Crippen LogP contribution is 2.18. The van der Waals surface area contributed by atoms with Crippen LogP contribution < -0.4 is 10.6 Å². The molecule has 0 fully saturated rings. The monoisotopic (exact) mass is 316 g/mol. The highest BCUT2D eigenvalue weighted by atomic mass is 16.1. The molecule has 120 valence electrons. The lowest BCUT2D eigenvalue weighted by Crippen LogP contribution is -2.14. The lowest BCUT2D eigenvalue weighted by Gasteiger charge is -2.09. The molecule has 0 aliphatic carbocycles. The Labute approximate surface area is 142 Å². The zero-order valence-corrected chi connectivity index (χ0v) is 13.6. The topological polar surface area (TPSA) is 41.1 Å². The third kappa shape index (κ3) is 4.46. The van der Waals surface area contributed by atoms with E-state index >= 15 is 0 Å². The Hall–Kier alpha value is -3.07. The van der Waals surface area contributed by atoms with Gasteiger partial charge in [-0.2, -0.15) is 0 Å². The molecule has 3 rings (SSSR count). The van der Waals surface area contributed by atoms with Crippen LogP contribution in [0.15, 0.2) is 78.9 Å². The minimum atomic E-state index is -0.00984. The summed E-state index contributed by atoms with van der Waals surface area (Å²) in [6.45, 7) is 2.03. The maximum atomic E-state index is 12.1. The second-order valence-electron chi connectivity index (χ2n) is 5.78. The Kier molecular flexibility index (Phi) is 4.92. The molecular weight excluding hydrogens is 296 g/mol. The molecule has 0 aliphatic rings. The molecule has 3 aromatic rings. The average molecular weight is 316 g/mol. The van der Waals surface area contributed by atoms with E-state index in [4.69, 9.17) is 0 Å². The predicted octanol–water partition coefficient (Wildman–Crippen LogP) is 4.92. The molecule has 3 aromatic carbocycles. The quantitative estimate of drug-likeness (QED) is 0.701. The van der Waals surface area contributed by atoms with Crippen molar-refractivity contribution in [3.05, 3.63) is 90.0 Å².